The molecule has 3 heterocycles. The molecule has 2 fully saturated rings. The van der Waals surface area contributed by atoms with E-state index in [2.05, 4.69) is 10.3 Å². The summed E-state index contributed by atoms with van der Waals surface area (Å²) < 4.78 is 96.1. The lowest BCUT2D eigenvalue weighted by Crippen LogP contribution is -2.63. The van der Waals surface area contributed by atoms with Crippen molar-refractivity contribution in [1.82, 2.24) is 14.2 Å². The molecule has 2 saturated heterocycles. The number of benzene rings is 3. The number of nitrogens with zero attached hydrogens (tertiary/aromatic N) is 3. The van der Waals surface area contributed by atoms with Crippen LogP contribution < -0.4 is 20.5 Å². The van der Waals surface area contributed by atoms with E-state index in [0.29, 0.717) is 11.5 Å². The Morgan fingerprint density at radius 2 is 1.25 bits per heavy atom. The molecule has 0 aliphatic carbocycles. The number of carbonyl (C=O) groups is 5. The van der Waals surface area contributed by atoms with Crippen LogP contribution in [0.15, 0.2) is 95.9 Å². The quantitative estimate of drug-likeness (QED) is 0.0216. The summed E-state index contributed by atoms with van der Waals surface area (Å²) in [6.07, 6.45) is -8.64. The fourth-order valence-electron chi connectivity index (χ4n) is 9.64. The lowest BCUT2D eigenvalue weighted by Gasteiger charge is -2.44. The minimum atomic E-state index is -4.37. The minimum absolute atomic E-state index is 0.0387. The molecule has 1 unspecified atom stereocenters. The number of hydrogen-bond donors (Lipinski definition) is 1. The van der Waals surface area contributed by atoms with E-state index >= 15 is 4.57 Å². The standard InChI is InChI=1S/C56H73N4O20P/c1-34(2)60(35(3)4)81(67,74-30-28-70-27-29-71-54-53(77-40(9)65)52(76-39(8)64)51(75-38(7)63)48(79-54)32-72-37(6)62)80-46-31-50(59-26-25-49(57-36(5)61)58-55(59)66)78-47(46)33-73-56(41-15-13-12-14-16-41,42-17-21-44(68-10)22-18-42)43-19-23-45(69-11)24-20-43/h12-26,34-35,46-48,50-54H,27-33H2,1-11H3,(H,57,58,61,66)/t46-,47+,48+,50+,51+,52-,53+,54+,81?/m0/s1. The van der Waals surface area contributed by atoms with Crippen LogP contribution in [-0.2, 0) is 85.8 Å². The SMILES string of the molecule is COc1ccc(C(OC[C@H]2O[C@@H](n3ccc(NC(C)=O)nc3=O)C[C@@H]2OP(=O)(OCCOCCO[C@@H]2O[C@H](COC(C)=O)[C@@H](OC(C)=O)[C@H](OC(C)=O)[C@H]2OC(C)=O)N(C(C)C)C(C)C)(c2ccccc2)c2ccc(OC)cc2)cc1. The Morgan fingerprint density at radius 1 is 0.691 bits per heavy atom. The van der Waals surface area contributed by atoms with Gasteiger partial charge in [0.1, 0.15) is 54.1 Å². The zero-order valence-corrected chi connectivity index (χ0v) is 48.2. The highest BCUT2D eigenvalue weighted by Crippen LogP contribution is 2.57. The van der Waals surface area contributed by atoms with Gasteiger partial charge >= 0.3 is 37.3 Å². The Labute approximate surface area is 470 Å². The van der Waals surface area contributed by atoms with Gasteiger partial charge in [-0.25, -0.2) is 14.0 Å². The summed E-state index contributed by atoms with van der Waals surface area (Å²) in [7, 11) is -1.21. The maximum absolute atomic E-state index is 15.7. The van der Waals surface area contributed by atoms with Crippen molar-refractivity contribution in [3.63, 3.8) is 0 Å². The van der Waals surface area contributed by atoms with Crippen molar-refractivity contribution >= 4 is 43.3 Å². The number of rotatable bonds is 28. The number of anilines is 1. The van der Waals surface area contributed by atoms with Gasteiger partial charge in [-0.15, -0.1) is 0 Å². The molecular weight excluding hydrogens is 1080 g/mol. The monoisotopic (exact) mass is 1150 g/mol. The molecule has 0 spiro atoms. The number of aromatic nitrogens is 2. The molecule has 442 valence electrons. The van der Waals surface area contributed by atoms with Gasteiger partial charge in [-0.05, 0) is 74.7 Å². The molecule has 25 heteroatoms. The summed E-state index contributed by atoms with van der Waals surface area (Å²) in [5.74, 6) is -2.20. The van der Waals surface area contributed by atoms with Gasteiger partial charge in [0.15, 0.2) is 24.6 Å². The van der Waals surface area contributed by atoms with Gasteiger partial charge in [-0.3, -0.25) is 37.6 Å². The summed E-state index contributed by atoms with van der Waals surface area (Å²) >= 11 is 0. The molecule has 9 atom stereocenters. The van der Waals surface area contributed by atoms with E-state index in [1.54, 1.807) is 18.9 Å². The van der Waals surface area contributed by atoms with Gasteiger partial charge in [0.05, 0.1) is 47.3 Å². The van der Waals surface area contributed by atoms with Crippen molar-refractivity contribution in [3.05, 3.63) is 118 Å². The first kappa shape index (κ1) is 63.6. The van der Waals surface area contributed by atoms with Crippen molar-refractivity contribution < 1.29 is 89.7 Å². The third kappa shape index (κ3) is 16.8. The van der Waals surface area contributed by atoms with Crippen LogP contribution in [-0.4, -0.2) is 153 Å². The van der Waals surface area contributed by atoms with E-state index in [1.165, 1.54) is 23.8 Å². The molecule has 2 aliphatic heterocycles. The van der Waals surface area contributed by atoms with Crippen molar-refractivity contribution in [2.24, 2.45) is 0 Å². The van der Waals surface area contributed by atoms with Gasteiger partial charge in [0.25, 0.3) is 0 Å². The summed E-state index contributed by atoms with van der Waals surface area (Å²) in [4.78, 5) is 78.2. The number of nitrogens with one attached hydrogen (secondary N) is 1. The first-order valence-electron chi connectivity index (χ1n) is 26.3. The molecule has 81 heavy (non-hydrogen) atoms. The Bertz CT molecular complexity index is 2780. The molecule has 0 radical (unpaired) electrons. The average molecular weight is 1150 g/mol. The maximum atomic E-state index is 15.7. The highest BCUT2D eigenvalue weighted by Gasteiger charge is 2.53. The highest BCUT2D eigenvalue weighted by atomic mass is 31.2. The molecule has 1 N–H and O–H groups in total. The molecule has 0 saturated carbocycles. The van der Waals surface area contributed by atoms with Crippen LogP contribution in [0.5, 0.6) is 11.5 Å². The summed E-state index contributed by atoms with van der Waals surface area (Å²) in [6, 6.07) is 25.2. The smallest absolute Gasteiger partial charge is 0.409 e. The molecular formula is C56H73N4O20P. The normalized spacial score (nSPS) is 21.7. The average Bonchev–Trinajstić information content (AvgIpc) is 3.73. The van der Waals surface area contributed by atoms with Crippen molar-refractivity contribution in [1.29, 1.82) is 0 Å². The van der Waals surface area contributed by atoms with Gasteiger partial charge in [0, 0.05) is 59.3 Å². The lowest BCUT2D eigenvalue weighted by molar-refractivity contribution is -0.309. The third-order valence-corrected chi connectivity index (χ3v) is 15.3. The second kappa shape index (κ2) is 29.4. The molecule has 24 nitrogen and oxygen atoms in total. The number of carbonyl (C=O) groups excluding carboxylic acids is 5. The predicted molar refractivity (Wildman–Crippen MR) is 289 cm³/mol. The second-order valence-corrected chi connectivity index (χ2v) is 21.3. The lowest BCUT2D eigenvalue weighted by atomic mass is 9.80. The first-order valence-corrected chi connectivity index (χ1v) is 27.8. The maximum Gasteiger partial charge on any atom is 0.409 e. The number of amides is 1. The summed E-state index contributed by atoms with van der Waals surface area (Å²) in [5.41, 5.74) is 0.152. The zero-order valence-electron chi connectivity index (χ0n) is 47.3. The van der Waals surface area contributed by atoms with E-state index in [9.17, 15) is 28.8 Å². The van der Waals surface area contributed by atoms with Gasteiger partial charge in [0.2, 0.25) is 5.91 Å². The summed E-state index contributed by atoms with van der Waals surface area (Å²) in [5, 5.41) is 2.52. The Morgan fingerprint density at radius 3 is 1.78 bits per heavy atom. The largest absolute Gasteiger partial charge is 0.497 e. The van der Waals surface area contributed by atoms with Gasteiger partial charge in [-0.2, -0.15) is 4.98 Å². The van der Waals surface area contributed by atoms with Crippen LogP contribution in [0.2, 0.25) is 0 Å². The zero-order chi connectivity index (χ0) is 59.0. The minimum Gasteiger partial charge on any atom is -0.497 e. The highest BCUT2D eigenvalue weighted by molar-refractivity contribution is 7.51. The van der Waals surface area contributed by atoms with Crippen LogP contribution in [0.4, 0.5) is 5.82 Å². The van der Waals surface area contributed by atoms with E-state index in [1.807, 2.05) is 107 Å². The second-order valence-electron chi connectivity index (χ2n) is 19.4. The molecule has 4 aromatic rings. The number of hydrogen-bond acceptors (Lipinski definition) is 21. The van der Waals surface area contributed by atoms with Crippen LogP contribution in [0.25, 0.3) is 0 Å². The van der Waals surface area contributed by atoms with Crippen LogP contribution in [0, 0.1) is 0 Å². The predicted octanol–water partition coefficient (Wildman–Crippen LogP) is 6.26. The topological polar surface area (TPSA) is 273 Å². The van der Waals surface area contributed by atoms with Crippen molar-refractivity contribution in [3.8, 4) is 11.5 Å². The molecule has 3 aromatic carbocycles. The van der Waals surface area contributed by atoms with Crippen molar-refractivity contribution in [2.75, 3.05) is 59.2 Å². The first-order chi connectivity index (χ1) is 38.6. The van der Waals surface area contributed by atoms with Crippen LogP contribution in [0.3, 0.4) is 0 Å². The fraction of sp³-hybridized carbons (Fsp3) is 0.518. The molecule has 2 aliphatic rings. The van der Waals surface area contributed by atoms with Gasteiger partial charge in [-0.1, -0.05) is 54.6 Å². The molecule has 0 bridgehead atoms. The number of ether oxygens (including phenoxy) is 11. The Kier molecular flexibility index (Phi) is 23.1. The van der Waals surface area contributed by atoms with E-state index in [4.69, 9.17) is 61.2 Å². The number of esters is 4. The third-order valence-electron chi connectivity index (χ3n) is 12.8. The summed E-state index contributed by atoms with van der Waals surface area (Å²) in [6.45, 7) is 11.7. The molecule has 1 amide bonds. The van der Waals surface area contributed by atoms with Gasteiger partial charge < -0.3 is 57.4 Å². The molecule has 6 rings (SSSR count). The Hall–Kier alpha value is -6.60. The molecule has 1 aromatic heterocycles. The van der Waals surface area contributed by atoms with Crippen LogP contribution >= 0.6 is 7.75 Å². The number of methoxy groups -OCH3 is 2. The van der Waals surface area contributed by atoms with Crippen LogP contribution in [0.1, 0.15) is 91.7 Å². The van der Waals surface area contributed by atoms with E-state index < -0.39 is 117 Å². The van der Waals surface area contributed by atoms with E-state index in [0.717, 1.165) is 44.4 Å². The Balaban J connectivity index is 1.27. The van der Waals surface area contributed by atoms with Crippen molar-refractivity contribution in [2.45, 2.75) is 136 Å². The fourth-order valence-corrected chi connectivity index (χ4v) is 11.9. The van der Waals surface area contributed by atoms with E-state index in [-0.39, 0.29) is 45.3 Å².